The minimum Gasteiger partial charge on any atom is -0.274 e. The summed E-state index contributed by atoms with van der Waals surface area (Å²) in [5, 5.41) is 4.03. The van der Waals surface area contributed by atoms with E-state index in [2.05, 4.69) is 15.1 Å². The molecule has 4 heteroatoms. The summed E-state index contributed by atoms with van der Waals surface area (Å²) in [6, 6.07) is 0. The normalized spacial score (nSPS) is 9.54. The van der Waals surface area contributed by atoms with Crippen molar-refractivity contribution in [2.45, 2.75) is 20.8 Å². The highest BCUT2D eigenvalue weighted by Gasteiger charge is 2.07. The molecule has 0 aromatic carbocycles. The molecule has 0 aromatic heterocycles. The largest absolute Gasteiger partial charge is 0.274 e. The van der Waals surface area contributed by atoms with Crippen LogP contribution >= 0.6 is 0 Å². The van der Waals surface area contributed by atoms with Crippen molar-refractivity contribution in [2.24, 2.45) is 7.05 Å². The summed E-state index contributed by atoms with van der Waals surface area (Å²) in [4.78, 5) is 8.37. The Morgan fingerprint density at radius 3 is 2.46 bits per heavy atom. The summed E-state index contributed by atoms with van der Waals surface area (Å²) in [6.07, 6.45) is 3.57. The van der Waals surface area contributed by atoms with E-state index < -0.39 is 0 Å². The van der Waals surface area contributed by atoms with Crippen molar-refractivity contribution < 1.29 is 0 Å². The van der Waals surface area contributed by atoms with Crippen molar-refractivity contribution in [1.29, 1.82) is 0 Å². The second kappa shape index (κ2) is 3.98. The molecule has 70 valence electrons. The van der Waals surface area contributed by atoms with Gasteiger partial charge < -0.3 is 0 Å². The quantitative estimate of drug-likeness (QED) is 0.616. The molecular weight excluding hydrogens is 164 g/mol. The summed E-state index contributed by atoms with van der Waals surface area (Å²) in [7, 11) is 1.86. The van der Waals surface area contributed by atoms with E-state index in [4.69, 9.17) is 0 Å². The van der Waals surface area contributed by atoms with E-state index in [1.54, 1.807) is 10.9 Å². The van der Waals surface area contributed by atoms with E-state index in [-0.39, 0.29) is 0 Å². The number of hydrogen-bond donors (Lipinski definition) is 0. The Morgan fingerprint density at radius 2 is 1.77 bits per heavy atom. The third kappa shape index (κ3) is 2.02. The molecule has 2 heterocycles. The molecule has 0 aromatic rings. The molecule has 13 heavy (non-hydrogen) atoms. The Balaban J connectivity index is 0.000000396. The van der Waals surface area contributed by atoms with E-state index in [0.29, 0.717) is 0 Å². The van der Waals surface area contributed by atoms with Crippen LogP contribution in [-0.4, -0.2) is 19.7 Å². The van der Waals surface area contributed by atoms with Crippen molar-refractivity contribution in [1.82, 2.24) is 19.7 Å². The van der Waals surface area contributed by atoms with Crippen LogP contribution in [0.4, 0.5) is 0 Å². The highest BCUT2D eigenvalue weighted by Crippen LogP contribution is 2.14. The van der Waals surface area contributed by atoms with Crippen LogP contribution in [0.5, 0.6) is 0 Å². The number of rotatable bonds is 0. The molecule has 0 saturated carbocycles. The van der Waals surface area contributed by atoms with Crippen LogP contribution in [-0.2, 0) is 7.05 Å². The first-order chi connectivity index (χ1) is 6.25. The zero-order chi connectivity index (χ0) is 9.84. The number of hydrogen-bond acceptors (Lipinski definition) is 3. The predicted molar refractivity (Wildman–Crippen MR) is 51.5 cm³/mol. The van der Waals surface area contributed by atoms with Gasteiger partial charge >= 0.3 is 0 Å². The summed E-state index contributed by atoms with van der Waals surface area (Å²) >= 11 is 0. The predicted octanol–water partition coefficient (Wildman–Crippen LogP) is 1.65. The van der Waals surface area contributed by atoms with Crippen LogP contribution in [0.15, 0.2) is 12.4 Å². The molecule has 0 N–H and O–H groups in total. The molecule has 0 spiro atoms. The van der Waals surface area contributed by atoms with Crippen LogP contribution in [0, 0.1) is 6.92 Å². The number of aryl methyl sites for hydroxylation is 2. The van der Waals surface area contributed by atoms with Gasteiger partial charge in [0, 0.05) is 7.05 Å². The van der Waals surface area contributed by atoms with E-state index in [0.717, 1.165) is 17.2 Å². The van der Waals surface area contributed by atoms with Crippen LogP contribution in [0.25, 0.3) is 11.4 Å². The number of aromatic nitrogens is 4. The minimum atomic E-state index is 0.799. The fourth-order valence-corrected chi connectivity index (χ4v) is 1.03. The van der Waals surface area contributed by atoms with Gasteiger partial charge in [-0.2, -0.15) is 5.10 Å². The molecule has 0 amide bonds. The fourth-order valence-electron chi connectivity index (χ4n) is 1.03. The second-order valence-electron chi connectivity index (χ2n) is 2.49. The summed E-state index contributed by atoms with van der Waals surface area (Å²) in [5.74, 6) is 0.799. The molecule has 2 aliphatic heterocycles. The number of fused-ring (bicyclic) bond motifs is 1. The maximum Gasteiger partial charge on any atom is 0.126 e. The Labute approximate surface area is 78.0 Å². The molecule has 0 aliphatic carbocycles. The van der Waals surface area contributed by atoms with Crippen molar-refractivity contribution in [3.8, 4) is 11.4 Å². The lowest BCUT2D eigenvalue weighted by Gasteiger charge is -1.96. The lowest BCUT2D eigenvalue weighted by Crippen LogP contribution is -1.96. The van der Waals surface area contributed by atoms with Crippen molar-refractivity contribution >= 4 is 0 Å². The van der Waals surface area contributed by atoms with Crippen molar-refractivity contribution in [2.75, 3.05) is 0 Å². The first-order valence-electron chi connectivity index (χ1n) is 4.39. The average molecular weight is 178 g/mol. The van der Waals surface area contributed by atoms with Gasteiger partial charge in [-0.15, -0.1) is 0 Å². The molecule has 0 unspecified atom stereocenters. The van der Waals surface area contributed by atoms with Crippen molar-refractivity contribution in [3.05, 3.63) is 18.2 Å². The fraction of sp³-hybridized carbons (Fsp3) is 0.444. The second-order valence-corrected chi connectivity index (χ2v) is 2.49. The molecule has 0 radical (unpaired) electrons. The molecule has 2 aliphatic rings. The minimum absolute atomic E-state index is 0.799. The molecule has 0 bridgehead atoms. The molecule has 0 atom stereocenters. The summed E-state index contributed by atoms with van der Waals surface area (Å²) < 4.78 is 1.72. The van der Waals surface area contributed by atoms with Gasteiger partial charge in [0.1, 0.15) is 17.2 Å². The standard InChI is InChI=1S/C7H8N4.C2H6/c1-5-9-6-3-8-11(2)4-7(6)10-5;1-2/h3-4H,1-2H3;1-2H3. The Hall–Kier alpha value is -1.45. The Bertz CT molecular complexity index is 353. The number of nitrogens with zero attached hydrogens (tertiary/aromatic N) is 4. The van der Waals surface area contributed by atoms with Crippen LogP contribution in [0.3, 0.4) is 0 Å². The molecule has 2 rings (SSSR count). The van der Waals surface area contributed by atoms with Gasteiger partial charge in [-0.05, 0) is 6.92 Å². The third-order valence-electron chi connectivity index (χ3n) is 1.50. The van der Waals surface area contributed by atoms with Gasteiger partial charge in [-0.25, -0.2) is 9.97 Å². The maximum absolute atomic E-state index is 4.20. The molecular formula is C9H14N4. The molecule has 0 saturated heterocycles. The van der Waals surface area contributed by atoms with Crippen LogP contribution < -0.4 is 0 Å². The topological polar surface area (TPSA) is 43.6 Å². The first kappa shape index (κ1) is 9.64. The molecule has 0 fully saturated rings. The monoisotopic (exact) mass is 178 g/mol. The zero-order valence-electron chi connectivity index (χ0n) is 8.44. The van der Waals surface area contributed by atoms with Gasteiger partial charge in [0.05, 0.1) is 12.4 Å². The van der Waals surface area contributed by atoms with E-state index in [1.807, 2.05) is 34.0 Å². The van der Waals surface area contributed by atoms with Crippen LogP contribution in [0.2, 0.25) is 0 Å². The first-order valence-corrected chi connectivity index (χ1v) is 4.39. The lowest BCUT2D eigenvalue weighted by molar-refractivity contribution is 0.737. The van der Waals surface area contributed by atoms with Gasteiger partial charge in [0.2, 0.25) is 0 Å². The van der Waals surface area contributed by atoms with Gasteiger partial charge in [0.25, 0.3) is 0 Å². The van der Waals surface area contributed by atoms with Gasteiger partial charge in [-0.3, -0.25) is 4.68 Å². The average Bonchev–Trinajstić information content (AvgIpc) is 2.48. The maximum atomic E-state index is 4.20. The molecule has 4 nitrogen and oxygen atoms in total. The summed E-state index contributed by atoms with van der Waals surface area (Å²) in [5.41, 5.74) is 1.76. The Morgan fingerprint density at radius 1 is 1.15 bits per heavy atom. The van der Waals surface area contributed by atoms with Crippen molar-refractivity contribution in [3.63, 3.8) is 0 Å². The van der Waals surface area contributed by atoms with Gasteiger partial charge in [0.15, 0.2) is 0 Å². The van der Waals surface area contributed by atoms with E-state index in [1.165, 1.54) is 0 Å². The zero-order valence-corrected chi connectivity index (χ0v) is 8.44. The SMILES string of the molecule is CC.Cc1nc2cnn(C)cc-2n1. The number of imidazole rings is 1. The van der Waals surface area contributed by atoms with E-state index in [9.17, 15) is 0 Å². The van der Waals surface area contributed by atoms with Gasteiger partial charge in [-0.1, -0.05) is 13.8 Å². The van der Waals surface area contributed by atoms with E-state index >= 15 is 0 Å². The highest BCUT2D eigenvalue weighted by molar-refractivity contribution is 5.52. The van der Waals surface area contributed by atoms with Crippen LogP contribution in [0.1, 0.15) is 19.7 Å². The third-order valence-corrected chi connectivity index (χ3v) is 1.50. The summed E-state index contributed by atoms with van der Waals surface area (Å²) in [6.45, 7) is 5.88. The lowest BCUT2D eigenvalue weighted by atomic mass is 10.4. The smallest absolute Gasteiger partial charge is 0.126 e. The highest BCUT2D eigenvalue weighted by atomic mass is 15.2. The Kier molecular flexibility index (Phi) is 2.95.